The molecule has 3 aromatic rings. The van der Waals surface area contributed by atoms with Crippen LogP contribution in [0.25, 0.3) is 11.0 Å². The Morgan fingerprint density at radius 1 is 1.23 bits per heavy atom. The summed E-state index contributed by atoms with van der Waals surface area (Å²) >= 11 is 6.28. The summed E-state index contributed by atoms with van der Waals surface area (Å²) < 4.78 is 37.8. The summed E-state index contributed by atoms with van der Waals surface area (Å²) in [5, 5.41) is 2.85. The summed E-state index contributed by atoms with van der Waals surface area (Å²) in [5.41, 5.74) is 0.496. The maximum Gasteiger partial charge on any atom is 0.410 e. The molecule has 2 aliphatic heterocycles. The minimum atomic E-state index is -0.663. The third-order valence-corrected chi connectivity index (χ3v) is 6.69. The predicted octanol–water partition coefficient (Wildman–Crippen LogP) is 5.36. The molecule has 0 spiro atoms. The first-order valence-corrected chi connectivity index (χ1v) is 13.3. The third kappa shape index (κ3) is 6.59. The molecule has 2 saturated heterocycles. The van der Waals surface area contributed by atoms with Crippen molar-refractivity contribution in [2.45, 2.75) is 45.3 Å². The van der Waals surface area contributed by atoms with Crippen molar-refractivity contribution >= 4 is 40.2 Å². The highest BCUT2D eigenvalue weighted by molar-refractivity contribution is 6.32. The zero-order valence-electron chi connectivity index (χ0n) is 22.1. The van der Waals surface area contributed by atoms with Crippen molar-refractivity contribution in [2.75, 3.05) is 38.2 Å². The Morgan fingerprint density at radius 2 is 2.08 bits per heavy atom. The Balaban J connectivity index is 1.28. The molecule has 0 unspecified atom stereocenters. The molecule has 39 heavy (non-hydrogen) atoms. The lowest BCUT2D eigenvalue weighted by Crippen LogP contribution is -2.36. The number of anilines is 2. The smallest absolute Gasteiger partial charge is 0.410 e. The Hall–Kier alpha value is -3.44. The number of nitrogens with one attached hydrogen (secondary N) is 1. The van der Waals surface area contributed by atoms with E-state index in [0.717, 1.165) is 6.42 Å². The number of benzene rings is 1. The second kappa shape index (κ2) is 11.4. The molecule has 2 fully saturated rings. The Bertz CT molecular complexity index is 1350. The highest BCUT2D eigenvalue weighted by Gasteiger charge is 2.31. The Kier molecular flexibility index (Phi) is 7.90. The zero-order valence-corrected chi connectivity index (χ0v) is 22.8. The van der Waals surface area contributed by atoms with Gasteiger partial charge in [-0.15, -0.1) is 0 Å². The molecule has 2 aliphatic rings. The van der Waals surface area contributed by atoms with Gasteiger partial charge in [0.1, 0.15) is 34.3 Å². The topological polar surface area (TPSA) is 108 Å². The lowest BCUT2D eigenvalue weighted by molar-refractivity contribution is 0.0275. The van der Waals surface area contributed by atoms with Gasteiger partial charge in [-0.2, -0.15) is 0 Å². The number of carbonyl (C=O) groups excluding carboxylic acids is 1. The summed E-state index contributed by atoms with van der Waals surface area (Å²) in [5.74, 6) is 0.504. The van der Waals surface area contributed by atoms with Crippen LogP contribution in [-0.4, -0.2) is 70.6 Å². The molecular weight excluding hydrogens is 529 g/mol. The van der Waals surface area contributed by atoms with Gasteiger partial charge >= 0.3 is 6.09 Å². The molecule has 0 saturated carbocycles. The van der Waals surface area contributed by atoms with E-state index in [1.807, 2.05) is 20.8 Å². The lowest BCUT2D eigenvalue weighted by atomic mass is 10.1. The SMILES string of the molecule is CC(C)(C)OC(=O)N1CC[C@H](Oc2ccc3ncnc(Nc4ccc(OC[C@@H]5CCOC5)c(Cl)c4F)c3n2)C1. The van der Waals surface area contributed by atoms with Gasteiger partial charge in [0.2, 0.25) is 5.88 Å². The summed E-state index contributed by atoms with van der Waals surface area (Å²) in [6, 6.07) is 6.61. The van der Waals surface area contributed by atoms with Gasteiger partial charge in [0.05, 0.1) is 31.0 Å². The van der Waals surface area contributed by atoms with Crippen molar-refractivity contribution in [2.24, 2.45) is 5.92 Å². The van der Waals surface area contributed by atoms with E-state index in [-0.39, 0.29) is 34.6 Å². The van der Waals surface area contributed by atoms with Crippen LogP contribution in [0.15, 0.2) is 30.6 Å². The quantitative estimate of drug-likeness (QED) is 0.409. The van der Waals surface area contributed by atoms with Crippen LogP contribution >= 0.6 is 11.6 Å². The number of fused-ring (bicyclic) bond motifs is 1. The first-order valence-electron chi connectivity index (χ1n) is 12.9. The highest BCUT2D eigenvalue weighted by Crippen LogP contribution is 2.35. The monoisotopic (exact) mass is 559 g/mol. The fourth-order valence-corrected chi connectivity index (χ4v) is 4.58. The number of carbonyl (C=O) groups is 1. The van der Waals surface area contributed by atoms with E-state index in [4.69, 9.17) is 30.5 Å². The second-order valence-corrected chi connectivity index (χ2v) is 11.0. The standard InChI is InChI=1S/C27H31ClFN5O5/c1-27(2,3)39-26(35)34-10-8-17(12-34)38-21-7-5-19-24(33-21)25(31-15-30-19)32-18-4-6-20(22(28)23(18)29)37-14-16-9-11-36-13-16/h4-7,15-17H,8-14H2,1-3H3,(H,30,31,32)/t16-,17+/m1/s1. The molecule has 12 heteroatoms. The molecule has 1 amide bonds. The molecule has 2 atom stereocenters. The highest BCUT2D eigenvalue weighted by atomic mass is 35.5. The molecule has 208 valence electrons. The predicted molar refractivity (Wildman–Crippen MR) is 143 cm³/mol. The normalized spacial score (nSPS) is 19.4. The molecule has 2 aromatic heterocycles. The minimum absolute atomic E-state index is 0.119. The van der Waals surface area contributed by atoms with Gasteiger partial charge in [0, 0.05) is 31.6 Å². The fourth-order valence-electron chi connectivity index (χ4n) is 4.36. The summed E-state index contributed by atoms with van der Waals surface area (Å²) in [4.78, 5) is 27.1. The molecule has 1 aromatic carbocycles. The number of rotatable bonds is 7. The van der Waals surface area contributed by atoms with Crippen molar-refractivity contribution < 1.29 is 28.1 Å². The van der Waals surface area contributed by atoms with E-state index >= 15 is 4.39 Å². The number of pyridine rings is 1. The number of halogens is 2. The third-order valence-electron chi connectivity index (χ3n) is 6.34. The summed E-state index contributed by atoms with van der Waals surface area (Å²) in [7, 11) is 0. The average molecular weight is 560 g/mol. The van der Waals surface area contributed by atoms with Crippen LogP contribution in [0.5, 0.6) is 11.6 Å². The number of likely N-dealkylation sites (tertiary alicyclic amines) is 1. The summed E-state index contributed by atoms with van der Waals surface area (Å²) in [6.45, 7) is 8.14. The molecule has 0 aliphatic carbocycles. The van der Waals surface area contributed by atoms with Gasteiger partial charge in [-0.3, -0.25) is 0 Å². The molecule has 4 heterocycles. The summed E-state index contributed by atoms with van der Waals surface area (Å²) in [6.07, 6.45) is 2.29. The number of amides is 1. The molecular formula is C27H31ClFN5O5. The van der Waals surface area contributed by atoms with Gasteiger partial charge in [0.15, 0.2) is 11.6 Å². The second-order valence-electron chi connectivity index (χ2n) is 10.6. The van der Waals surface area contributed by atoms with Gasteiger partial charge < -0.3 is 29.2 Å². The number of nitrogens with zero attached hydrogens (tertiary/aromatic N) is 4. The van der Waals surface area contributed by atoms with Crippen LogP contribution in [0.2, 0.25) is 5.02 Å². The number of hydrogen-bond donors (Lipinski definition) is 1. The molecule has 1 N–H and O–H groups in total. The van der Waals surface area contributed by atoms with Crippen LogP contribution in [-0.2, 0) is 9.47 Å². The molecule has 5 rings (SSSR count). The van der Waals surface area contributed by atoms with Crippen molar-refractivity contribution in [3.63, 3.8) is 0 Å². The molecule has 10 nitrogen and oxygen atoms in total. The molecule has 0 bridgehead atoms. The van der Waals surface area contributed by atoms with Crippen molar-refractivity contribution in [3.05, 3.63) is 41.4 Å². The fraction of sp³-hybridized carbons (Fsp3) is 0.481. The van der Waals surface area contributed by atoms with E-state index in [0.29, 0.717) is 62.1 Å². The van der Waals surface area contributed by atoms with Gasteiger partial charge in [-0.05, 0) is 45.4 Å². The van der Waals surface area contributed by atoms with Crippen LogP contribution in [0, 0.1) is 11.7 Å². The van der Waals surface area contributed by atoms with Crippen LogP contribution in [0.4, 0.5) is 20.7 Å². The maximum absolute atomic E-state index is 15.2. The first kappa shape index (κ1) is 27.1. The maximum atomic E-state index is 15.2. The Morgan fingerprint density at radius 3 is 2.85 bits per heavy atom. The van der Waals surface area contributed by atoms with Crippen molar-refractivity contribution in [1.82, 2.24) is 19.9 Å². The van der Waals surface area contributed by atoms with Gasteiger partial charge in [-0.25, -0.2) is 24.1 Å². The van der Waals surface area contributed by atoms with Crippen LogP contribution in [0.1, 0.15) is 33.6 Å². The number of aromatic nitrogens is 3. The number of hydrogen-bond acceptors (Lipinski definition) is 9. The van der Waals surface area contributed by atoms with E-state index < -0.39 is 11.4 Å². The lowest BCUT2D eigenvalue weighted by Gasteiger charge is -2.24. The largest absolute Gasteiger partial charge is 0.492 e. The average Bonchev–Trinajstić information content (AvgIpc) is 3.58. The van der Waals surface area contributed by atoms with Crippen molar-refractivity contribution in [1.29, 1.82) is 0 Å². The van der Waals surface area contributed by atoms with Gasteiger partial charge in [-0.1, -0.05) is 11.6 Å². The van der Waals surface area contributed by atoms with E-state index in [1.54, 1.807) is 29.2 Å². The van der Waals surface area contributed by atoms with Gasteiger partial charge in [0.25, 0.3) is 0 Å². The van der Waals surface area contributed by atoms with Crippen LogP contribution in [0.3, 0.4) is 0 Å². The zero-order chi connectivity index (χ0) is 27.6. The van der Waals surface area contributed by atoms with E-state index in [1.165, 1.54) is 6.33 Å². The molecule has 0 radical (unpaired) electrons. The van der Waals surface area contributed by atoms with Crippen molar-refractivity contribution in [3.8, 4) is 11.6 Å². The number of ether oxygens (including phenoxy) is 4. The van der Waals surface area contributed by atoms with Crippen LogP contribution < -0.4 is 14.8 Å². The van der Waals surface area contributed by atoms with E-state index in [9.17, 15) is 4.79 Å². The first-order chi connectivity index (χ1) is 18.7. The minimum Gasteiger partial charge on any atom is -0.492 e. The Labute approximate surface area is 230 Å². The van der Waals surface area contributed by atoms with E-state index in [2.05, 4.69) is 20.3 Å².